The number of nitrogens with zero attached hydrogens (tertiary/aromatic N) is 2. The standard InChI is InChI=1S/C18H14FN3O4S/c19-11-5-1-2-6-12(11)20-16(23)10-27-18-22-21-17(26-18)15-9-24-13-7-3-4-8-14(13)25-15/h1-8,15H,9-10H2,(H,20,23)/t15-/m0/s1. The summed E-state index contributed by atoms with van der Waals surface area (Å²) in [5, 5.41) is 10.6. The minimum absolute atomic E-state index is 0.000818. The average molecular weight is 387 g/mol. The van der Waals surface area contributed by atoms with E-state index >= 15 is 0 Å². The quantitative estimate of drug-likeness (QED) is 0.671. The SMILES string of the molecule is O=C(CSc1nnc([C@@H]2COc3ccccc3O2)o1)Nc1ccccc1F. The molecule has 7 nitrogen and oxygen atoms in total. The molecule has 0 spiro atoms. The lowest BCUT2D eigenvalue weighted by Gasteiger charge is -2.23. The first-order valence-electron chi connectivity index (χ1n) is 8.08. The highest BCUT2D eigenvalue weighted by Gasteiger charge is 2.27. The summed E-state index contributed by atoms with van der Waals surface area (Å²) in [5.74, 6) is 0.655. The fraction of sp³-hybridized carbons (Fsp3) is 0.167. The maximum atomic E-state index is 13.5. The Kier molecular flexibility index (Phi) is 4.93. The van der Waals surface area contributed by atoms with E-state index in [9.17, 15) is 9.18 Å². The normalized spacial score (nSPS) is 15.4. The minimum atomic E-state index is -0.519. The highest BCUT2D eigenvalue weighted by molar-refractivity contribution is 7.99. The van der Waals surface area contributed by atoms with E-state index in [0.717, 1.165) is 11.8 Å². The number of halogens is 1. The van der Waals surface area contributed by atoms with Gasteiger partial charge in [-0.25, -0.2) is 4.39 Å². The van der Waals surface area contributed by atoms with Crippen molar-refractivity contribution in [3.63, 3.8) is 0 Å². The Morgan fingerprint density at radius 2 is 1.93 bits per heavy atom. The van der Waals surface area contributed by atoms with Crippen LogP contribution in [0.5, 0.6) is 11.5 Å². The maximum absolute atomic E-state index is 13.5. The molecule has 1 aromatic heterocycles. The van der Waals surface area contributed by atoms with Crippen molar-refractivity contribution in [2.75, 3.05) is 17.7 Å². The number of benzene rings is 2. The van der Waals surface area contributed by atoms with Gasteiger partial charge in [0.1, 0.15) is 12.4 Å². The molecular formula is C18H14FN3O4S. The van der Waals surface area contributed by atoms with Gasteiger partial charge in [-0.2, -0.15) is 0 Å². The van der Waals surface area contributed by atoms with Crippen LogP contribution in [0.4, 0.5) is 10.1 Å². The van der Waals surface area contributed by atoms with Crippen molar-refractivity contribution in [3.05, 3.63) is 60.2 Å². The molecule has 1 aliphatic rings. The summed E-state index contributed by atoms with van der Waals surface area (Å²) in [7, 11) is 0. The van der Waals surface area contributed by atoms with E-state index in [1.165, 1.54) is 12.1 Å². The summed E-state index contributed by atoms with van der Waals surface area (Å²) in [6.45, 7) is 0.247. The second-order valence-electron chi connectivity index (χ2n) is 5.59. The molecule has 0 fully saturated rings. The Labute approximate surface area is 157 Å². The second kappa shape index (κ2) is 7.67. The van der Waals surface area contributed by atoms with Gasteiger partial charge in [-0.05, 0) is 24.3 Å². The van der Waals surface area contributed by atoms with Crippen molar-refractivity contribution in [2.24, 2.45) is 0 Å². The Bertz CT molecular complexity index is 965. The van der Waals surface area contributed by atoms with E-state index < -0.39 is 11.9 Å². The lowest BCUT2D eigenvalue weighted by atomic mass is 10.2. The second-order valence-corrected chi connectivity index (χ2v) is 6.51. The lowest BCUT2D eigenvalue weighted by molar-refractivity contribution is -0.113. The first-order chi connectivity index (χ1) is 13.2. The minimum Gasteiger partial charge on any atom is -0.485 e. The lowest BCUT2D eigenvalue weighted by Crippen LogP contribution is -2.21. The zero-order valence-electron chi connectivity index (χ0n) is 13.9. The molecular weight excluding hydrogens is 373 g/mol. The van der Waals surface area contributed by atoms with Crippen LogP contribution in [0, 0.1) is 5.82 Å². The van der Waals surface area contributed by atoms with Crippen LogP contribution in [0.2, 0.25) is 0 Å². The molecule has 2 heterocycles. The number of aromatic nitrogens is 2. The summed E-state index contributed by atoms with van der Waals surface area (Å²) in [5.41, 5.74) is 0.126. The molecule has 4 rings (SSSR count). The topological polar surface area (TPSA) is 86.5 Å². The summed E-state index contributed by atoms with van der Waals surface area (Å²) in [4.78, 5) is 12.0. The van der Waals surface area contributed by atoms with Gasteiger partial charge in [0.2, 0.25) is 12.0 Å². The Balaban J connectivity index is 1.34. The summed E-state index contributed by atoms with van der Waals surface area (Å²) in [6.07, 6.45) is -0.519. The van der Waals surface area contributed by atoms with E-state index in [-0.39, 0.29) is 35.1 Å². The molecule has 1 aliphatic heterocycles. The van der Waals surface area contributed by atoms with Gasteiger partial charge in [0, 0.05) is 0 Å². The van der Waals surface area contributed by atoms with Gasteiger partial charge in [0.05, 0.1) is 11.4 Å². The predicted molar refractivity (Wildman–Crippen MR) is 95.4 cm³/mol. The number of para-hydroxylation sites is 3. The molecule has 1 amide bonds. The van der Waals surface area contributed by atoms with Crippen LogP contribution in [-0.4, -0.2) is 28.5 Å². The van der Waals surface area contributed by atoms with Crippen molar-refractivity contribution in [1.82, 2.24) is 10.2 Å². The van der Waals surface area contributed by atoms with E-state index in [1.807, 2.05) is 18.2 Å². The molecule has 138 valence electrons. The van der Waals surface area contributed by atoms with Crippen molar-refractivity contribution in [2.45, 2.75) is 11.3 Å². The molecule has 0 saturated heterocycles. The molecule has 3 aromatic rings. The summed E-state index contributed by atoms with van der Waals surface area (Å²) < 4.78 is 30.5. The van der Waals surface area contributed by atoms with Crippen LogP contribution in [0.15, 0.2) is 58.2 Å². The molecule has 0 unspecified atom stereocenters. The van der Waals surface area contributed by atoms with Gasteiger partial charge >= 0.3 is 0 Å². The molecule has 0 aliphatic carbocycles. The van der Waals surface area contributed by atoms with Crippen molar-refractivity contribution in [3.8, 4) is 11.5 Å². The van der Waals surface area contributed by atoms with Crippen LogP contribution in [-0.2, 0) is 4.79 Å². The van der Waals surface area contributed by atoms with Gasteiger partial charge in [0.15, 0.2) is 11.5 Å². The van der Waals surface area contributed by atoms with Crippen LogP contribution < -0.4 is 14.8 Å². The zero-order chi connectivity index (χ0) is 18.6. The average Bonchev–Trinajstić information content (AvgIpc) is 3.17. The number of thioether (sulfide) groups is 1. The highest BCUT2D eigenvalue weighted by atomic mass is 32.2. The fourth-order valence-corrected chi connectivity index (χ4v) is 3.00. The Morgan fingerprint density at radius 3 is 2.78 bits per heavy atom. The largest absolute Gasteiger partial charge is 0.485 e. The Hall–Kier alpha value is -3.07. The number of hydrogen-bond donors (Lipinski definition) is 1. The molecule has 0 bridgehead atoms. The summed E-state index contributed by atoms with van der Waals surface area (Å²) in [6, 6.07) is 13.3. The molecule has 0 radical (unpaired) electrons. The highest BCUT2D eigenvalue weighted by Crippen LogP contribution is 2.35. The molecule has 27 heavy (non-hydrogen) atoms. The molecule has 1 N–H and O–H groups in total. The first kappa shape index (κ1) is 17.3. The molecule has 1 atom stereocenters. The maximum Gasteiger partial charge on any atom is 0.277 e. The van der Waals surface area contributed by atoms with E-state index in [1.54, 1.807) is 18.2 Å². The third-order valence-corrected chi connectivity index (χ3v) is 4.50. The zero-order valence-corrected chi connectivity index (χ0v) is 14.7. The molecule has 2 aromatic carbocycles. The van der Waals surface area contributed by atoms with Gasteiger partial charge in [0.25, 0.3) is 11.1 Å². The number of ether oxygens (including phenoxy) is 2. The predicted octanol–water partition coefficient (Wildman–Crippen LogP) is 3.45. The van der Waals surface area contributed by atoms with E-state index in [2.05, 4.69) is 15.5 Å². The van der Waals surface area contributed by atoms with Gasteiger partial charge in [-0.3, -0.25) is 4.79 Å². The van der Waals surface area contributed by atoms with Gasteiger partial charge < -0.3 is 19.2 Å². The number of fused-ring (bicyclic) bond motifs is 1. The number of carbonyl (C=O) groups excluding carboxylic acids is 1. The monoisotopic (exact) mass is 387 g/mol. The van der Waals surface area contributed by atoms with Crippen molar-refractivity contribution < 1.29 is 23.1 Å². The van der Waals surface area contributed by atoms with Crippen LogP contribution >= 0.6 is 11.8 Å². The third kappa shape index (κ3) is 4.03. The van der Waals surface area contributed by atoms with Crippen LogP contribution in [0.1, 0.15) is 12.0 Å². The smallest absolute Gasteiger partial charge is 0.277 e. The molecule has 9 heteroatoms. The number of hydrogen-bond acceptors (Lipinski definition) is 7. The van der Waals surface area contributed by atoms with Crippen LogP contribution in [0.25, 0.3) is 0 Å². The number of anilines is 1. The summed E-state index contributed by atoms with van der Waals surface area (Å²) >= 11 is 1.05. The number of nitrogens with one attached hydrogen (secondary N) is 1. The van der Waals surface area contributed by atoms with Crippen molar-refractivity contribution in [1.29, 1.82) is 0 Å². The van der Waals surface area contributed by atoms with E-state index in [0.29, 0.717) is 11.5 Å². The Morgan fingerprint density at radius 1 is 1.15 bits per heavy atom. The number of amides is 1. The number of carbonyl (C=O) groups is 1. The molecule has 0 saturated carbocycles. The number of rotatable bonds is 5. The van der Waals surface area contributed by atoms with Gasteiger partial charge in [-0.15, -0.1) is 10.2 Å². The van der Waals surface area contributed by atoms with E-state index in [4.69, 9.17) is 13.9 Å². The first-order valence-corrected chi connectivity index (χ1v) is 9.06. The van der Waals surface area contributed by atoms with Gasteiger partial charge in [-0.1, -0.05) is 36.0 Å². The van der Waals surface area contributed by atoms with Crippen molar-refractivity contribution >= 4 is 23.4 Å². The third-order valence-electron chi connectivity index (χ3n) is 3.68. The van der Waals surface area contributed by atoms with Crippen LogP contribution in [0.3, 0.4) is 0 Å². The fourth-order valence-electron chi connectivity index (χ4n) is 2.43.